The lowest BCUT2D eigenvalue weighted by Gasteiger charge is -2.25. The van der Waals surface area contributed by atoms with Gasteiger partial charge in [0.05, 0.1) is 23.3 Å². The maximum atomic E-state index is 12.1. The van der Waals surface area contributed by atoms with Crippen molar-refractivity contribution in [2.45, 2.75) is 13.0 Å². The first kappa shape index (κ1) is 17.5. The van der Waals surface area contributed by atoms with Gasteiger partial charge in [-0.05, 0) is 12.5 Å². The van der Waals surface area contributed by atoms with E-state index >= 15 is 0 Å². The number of amides is 1. The van der Waals surface area contributed by atoms with Gasteiger partial charge in [0, 0.05) is 32.0 Å². The summed E-state index contributed by atoms with van der Waals surface area (Å²) in [5.74, 6) is 1.13. The summed E-state index contributed by atoms with van der Waals surface area (Å²) >= 11 is 1.51. The molecule has 0 heterocycles. The second kappa shape index (κ2) is 8.63. The Hall–Kier alpha value is -1.60. The van der Waals surface area contributed by atoms with E-state index in [-0.39, 0.29) is 17.6 Å². The van der Waals surface area contributed by atoms with Crippen molar-refractivity contribution < 1.29 is 14.5 Å². The minimum Gasteiger partial charge on any atom is -0.384 e. The van der Waals surface area contributed by atoms with Gasteiger partial charge in [0.2, 0.25) is 5.91 Å². The Morgan fingerprint density at radius 1 is 1.52 bits per heavy atom. The largest absolute Gasteiger partial charge is 0.384 e. The minimum absolute atomic E-state index is 0.00453. The Kier molecular flexibility index (Phi) is 7.18. The summed E-state index contributed by atoms with van der Waals surface area (Å²) < 4.78 is 4.93. The summed E-state index contributed by atoms with van der Waals surface area (Å²) in [6.07, 6.45) is 0. The molecule has 0 spiro atoms. The second-order valence-electron chi connectivity index (χ2n) is 4.58. The average Bonchev–Trinajstić information content (AvgIpc) is 2.50. The first-order valence-electron chi connectivity index (χ1n) is 6.54. The molecular formula is C14H20N2O4S. The van der Waals surface area contributed by atoms with Gasteiger partial charge < -0.3 is 9.64 Å². The maximum absolute atomic E-state index is 12.1. The molecule has 0 aromatic heterocycles. The summed E-state index contributed by atoms with van der Waals surface area (Å²) in [7, 11) is 3.33. The number of nitro benzene ring substituents is 1. The third-order valence-electron chi connectivity index (χ3n) is 3.20. The molecule has 7 heteroatoms. The number of thioether (sulfide) groups is 1. The summed E-state index contributed by atoms with van der Waals surface area (Å²) in [5, 5.41) is 10.8. The minimum atomic E-state index is -0.432. The van der Waals surface area contributed by atoms with Crippen molar-refractivity contribution in [3.63, 3.8) is 0 Å². The molecular weight excluding hydrogens is 292 g/mol. The molecule has 1 rings (SSSR count). The highest BCUT2D eigenvalue weighted by atomic mass is 32.2. The van der Waals surface area contributed by atoms with Gasteiger partial charge in [-0.3, -0.25) is 14.9 Å². The zero-order valence-corrected chi connectivity index (χ0v) is 13.3. The summed E-state index contributed by atoms with van der Waals surface area (Å²) in [5.41, 5.74) is 0.789. The van der Waals surface area contributed by atoms with Crippen molar-refractivity contribution in [1.29, 1.82) is 0 Å². The fourth-order valence-electron chi connectivity index (χ4n) is 1.74. The smallest absolute Gasteiger partial charge is 0.269 e. The molecule has 0 saturated carbocycles. The van der Waals surface area contributed by atoms with Crippen molar-refractivity contribution in [1.82, 2.24) is 4.90 Å². The van der Waals surface area contributed by atoms with Crippen LogP contribution in [0.4, 0.5) is 5.69 Å². The van der Waals surface area contributed by atoms with E-state index in [4.69, 9.17) is 4.74 Å². The van der Waals surface area contributed by atoms with Gasteiger partial charge in [-0.2, -0.15) is 0 Å². The lowest BCUT2D eigenvalue weighted by atomic mass is 10.1. The highest BCUT2D eigenvalue weighted by Crippen LogP contribution is 2.23. The maximum Gasteiger partial charge on any atom is 0.269 e. The molecule has 6 nitrogen and oxygen atoms in total. The molecule has 0 aliphatic heterocycles. The molecule has 1 amide bonds. The van der Waals surface area contributed by atoms with E-state index in [1.807, 2.05) is 6.92 Å². The van der Waals surface area contributed by atoms with Crippen LogP contribution in [0.3, 0.4) is 0 Å². The molecule has 0 aliphatic rings. The fourth-order valence-corrected chi connectivity index (χ4v) is 2.55. The molecule has 1 aromatic carbocycles. The normalized spacial score (nSPS) is 12.0. The van der Waals surface area contributed by atoms with Crippen LogP contribution in [0.2, 0.25) is 0 Å². The molecule has 0 saturated heterocycles. The summed E-state index contributed by atoms with van der Waals surface area (Å²) in [4.78, 5) is 24.0. The van der Waals surface area contributed by atoms with Crippen LogP contribution in [0, 0.1) is 10.1 Å². The van der Waals surface area contributed by atoms with Crippen LogP contribution in [0.1, 0.15) is 18.5 Å². The van der Waals surface area contributed by atoms with E-state index in [1.54, 1.807) is 31.2 Å². The van der Waals surface area contributed by atoms with Gasteiger partial charge in [-0.1, -0.05) is 12.1 Å². The molecule has 0 unspecified atom stereocenters. The van der Waals surface area contributed by atoms with Crippen molar-refractivity contribution in [2.24, 2.45) is 0 Å². The molecule has 1 atom stereocenters. The van der Waals surface area contributed by atoms with Crippen molar-refractivity contribution >= 4 is 23.4 Å². The van der Waals surface area contributed by atoms with E-state index in [2.05, 4.69) is 0 Å². The van der Waals surface area contributed by atoms with Crippen LogP contribution in [-0.2, 0) is 9.53 Å². The molecule has 0 N–H and O–H groups in total. The third-order valence-corrected chi connectivity index (χ3v) is 4.10. The molecule has 0 radical (unpaired) electrons. The number of non-ortho nitro benzene ring substituents is 1. The predicted molar refractivity (Wildman–Crippen MR) is 83.5 cm³/mol. The van der Waals surface area contributed by atoms with E-state index in [1.165, 1.54) is 23.9 Å². The Morgan fingerprint density at radius 3 is 2.86 bits per heavy atom. The topological polar surface area (TPSA) is 72.7 Å². The van der Waals surface area contributed by atoms with E-state index < -0.39 is 4.92 Å². The first-order valence-corrected chi connectivity index (χ1v) is 7.69. The van der Waals surface area contributed by atoms with E-state index in [9.17, 15) is 14.9 Å². The monoisotopic (exact) mass is 312 g/mol. The van der Waals surface area contributed by atoms with Gasteiger partial charge in [0.1, 0.15) is 0 Å². The predicted octanol–water partition coefficient (Wildman–Crippen LogP) is 2.49. The van der Waals surface area contributed by atoms with Crippen LogP contribution in [0.5, 0.6) is 0 Å². The average molecular weight is 312 g/mol. The highest BCUT2D eigenvalue weighted by molar-refractivity contribution is 7.99. The van der Waals surface area contributed by atoms with Gasteiger partial charge in [-0.15, -0.1) is 11.8 Å². The number of carbonyl (C=O) groups excluding carboxylic acids is 1. The Balaban J connectivity index is 2.64. The lowest BCUT2D eigenvalue weighted by Crippen LogP contribution is -2.31. The van der Waals surface area contributed by atoms with Crippen LogP contribution in [-0.4, -0.2) is 48.0 Å². The Labute approximate surface area is 128 Å². The number of rotatable bonds is 8. The molecule has 21 heavy (non-hydrogen) atoms. The SMILES string of the molecule is COCCSCC(=O)N(C)[C@H](C)c1cccc([N+](=O)[O-])c1. The van der Waals surface area contributed by atoms with Crippen molar-refractivity contribution in [2.75, 3.05) is 32.3 Å². The van der Waals surface area contributed by atoms with Gasteiger partial charge in [0.25, 0.3) is 5.69 Å². The number of nitro groups is 1. The van der Waals surface area contributed by atoms with E-state index in [0.29, 0.717) is 12.4 Å². The summed E-state index contributed by atoms with van der Waals surface area (Å²) in [6, 6.07) is 6.17. The second-order valence-corrected chi connectivity index (χ2v) is 5.68. The number of carbonyl (C=O) groups is 1. The summed E-state index contributed by atoms with van der Waals surface area (Å²) in [6.45, 7) is 2.47. The number of ether oxygens (including phenoxy) is 1. The van der Waals surface area contributed by atoms with Gasteiger partial charge in [0.15, 0.2) is 0 Å². The lowest BCUT2D eigenvalue weighted by molar-refractivity contribution is -0.384. The van der Waals surface area contributed by atoms with Gasteiger partial charge >= 0.3 is 0 Å². The molecule has 1 aromatic rings. The van der Waals surface area contributed by atoms with Crippen LogP contribution in [0.15, 0.2) is 24.3 Å². The van der Waals surface area contributed by atoms with Crippen LogP contribution >= 0.6 is 11.8 Å². The third kappa shape index (κ3) is 5.35. The van der Waals surface area contributed by atoms with Crippen molar-refractivity contribution in [3.05, 3.63) is 39.9 Å². The van der Waals surface area contributed by atoms with Crippen LogP contribution in [0.25, 0.3) is 0 Å². The number of methoxy groups -OCH3 is 1. The van der Waals surface area contributed by atoms with Crippen LogP contribution < -0.4 is 0 Å². The number of hydrogen-bond donors (Lipinski definition) is 0. The van der Waals surface area contributed by atoms with Crippen molar-refractivity contribution in [3.8, 4) is 0 Å². The zero-order chi connectivity index (χ0) is 15.8. The Morgan fingerprint density at radius 2 is 2.24 bits per heavy atom. The van der Waals surface area contributed by atoms with Gasteiger partial charge in [-0.25, -0.2) is 0 Å². The first-order chi connectivity index (χ1) is 9.97. The molecule has 0 bridgehead atoms. The zero-order valence-electron chi connectivity index (χ0n) is 12.4. The standard InChI is InChI=1S/C14H20N2O4S/c1-11(12-5-4-6-13(9-12)16(18)19)15(2)14(17)10-21-8-7-20-3/h4-6,9,11H,7-8,10H2,1-3H3/t11-/m1/s1. The van der Waals surface area contributed by atoms with E-state index in [0.717, 1.165) is 11.3 Å². The molecule has 0 aliphatic carbocycles. The molecule has 116 valence electrons. The number of hydrogen-bond acceptors (Lipinski definition) is 5. The highest BCUT2D eigenvalue weighted by Gasteiger charge is 2.19. The molecule has 0 fully saturated rings. The number of nitrogens with zero attached hydrogens (tertiary/aromatic N) is 2. The fraction of sp³-hybridized carbons (Fsp3) is 0.500. The Bertz CT molecular complexity index is 496. The quantitative estimate of drug-likeness (QED) is 0.419. The number of benzene rings is 1.